The van der Waals surface area contributed by atoms with Crippen LogP contribution in [0.4, 0.5) is 5.69 Å². The van der Waals surface area contributed by atoms with Gasteiger partial charge in [0.15, 0.2) is 5.17 Å². The molecule has 1 aliphatic rings. The molecule has 0 atom stereocenters. The molecule has 0 saturated carbocycles. The number of rotatable bonds is 5. The number of nitrogens with zero attached hydrogens (tertiary/aromatic N) is 2. The first-order chi connectivity index (χ1) is 13.5. The third kappa shape index (κ3) is 6.46. The molecular formula is C22H32N2O2S3. The predicted octanol–water partition coefficient (Wildman–Crippen LogP) is 6.23. The van der Waals surface area contributed by atoms with E-state index in [9.17, 15) is 4.79 Å². The van der Waals surface area contributed by atoms with Gasteiger partial charge in [0, 0.05) is 12.3 Å². The number of hydrogen-bond donors (Lipinski definition) is 0. The van der Waals surface area contributed by atoms with Gasteiger partial charge >= 0.3 is 5.97 Å². The molecular weight excluding hydrogens is 420 g/mol. The average Bonchev–Trinajstić information content (AvgIpc) is 2.63. The second kappa shape index (κ2) is 9.84. The van der Waals surface area contributed by atoms with Crippen LogP contribution in [0.25, 0.3) is 0 Å². The summed E-state index contributed by atoms with van der Waals surface area (Å²) in [6.07, 6.45) is 0. The molecule has 1 fully saturated rings. The Morgan fingerprint density at radius 1 is 1.38 bits per heavy atom. The monoisotopic (exact) mass is 452 g/mol. The van der Waals surface area contributed by atoms with E-state index in [0.717, 1.165) is 23.2 Å². The third-order valence-corrected chi connectivity index (χ3v) is 7.55. The molecule has 7 heteroatoms. The number of thioether (sulfide) groups is 2. The van der Waals surface area contributed by atoms with Crippen LogP contribution in [0.3, 0.4) is 0 Å². The fourth-order valence-electron chi connectivity index (χ4n) is 2.91. The van der Waals surface area contributed by atoms with Crippen molar-refractivity contribution in [2.75, 3.05) is 18.9 Å². The predicted molar refractivity (Wildman–Crippen MR) is 131 cm³/mol. The van der Waals surface area contributed by atoms with Crippen molar-refractivity contribution in [3.63, 3.8) is 0 Å². The molecule has 0 aliphatic carbocycles. The first-order valence-corrected chi connectivity index (χ1v) is 12.2. The third-order valence-electron chi connectivity index (χ3n) is 4.51. The molecule has 0 N–H and O–H groups in total. The molecule has 0 spiro atoms. The number of carbonyl (C=O) groups excluding carboxylic acids is 1. The minimum absolute atomic E-state index is 0.0972. The number of amidine groups is 1. The molecule has 0 aromatic heterocycles. The molecule has 1 aromatic carbocycles. The van der Waals surface area contributed by atoms with Crippen LogP contribution >= 0.6 is 35.7 Å². The van der Waals surface area contributed by atoms with Gasteiger partial charge in [-0.3, -0.25) is 4.79 Å². The molecule has 2 rings (SSSR count). The normalized spacial score (nSPS) is 18.2. The number of para-hydroxylation sites is 1. The van der Waals surface area contributed by atoms with E-state index in [1.54, 1.807) is 11.8 Å². The first kappa shape index (κ1) is 24.2. The Hall–Kier alpha value is -1.05. The van der Waals surface area contributed by atoms with E-state index in [0.29, 0.717) is 16.8 Å². The van der Waals surface area contributed by atoms with Crippen LogP contribution in [0.5, 0.6) is 0 Å². The van der Waals surface area contributed by atoms with Crippen molar-refractivity contribution >= 4 is 56.9 Å². The average molecular weight is 453 g/mol. The lowest BCUT2D eigenvalue weighted by molar-refractivity contribution is -0.145. The SMILES string of the molecule is CCOC(=O)C(C)(C)SC(=S)N1CC(C)(C)CSC1=Nc1ccccc1C(C)C. The number of carbonyl (C=O) groups is 1. The van der Waals surface area contributed by atoms with E-state index >= 15 is 0 Å². The number of benzene rings is 1. The van der Waals surface area contributed by atoms with Crippen LogP contribution in [-0.4, -0.2) is 44.0 Å². The molecule has 4 nitrogen and oxygen atoms in total. The van der Waals surface area contributed by atoms with Gasteiger partial charge in [0.25, 0.3) is 0 Å². The molecule has 29 heavy (non-hydrogen) atoms. The van der Waals surface area contributed by atoms with Crippen LogP contribution in [-0.2, 0) is 9.53 Å². The quantitative estimate of drug-likeness (QED) is 0.389. The summed E-state index contributed by atoms with van der Waals surface area (Å²) in [7, 11) is 0. The van der Waals surface area contributed by atoms with Gasteiger partial charge in [-0.1, -0.05) is 81.6 Å². The number of aliphatic imine (C=N–C) groups is 1. The molecule has 1 saturated heterocycles. The molecule has 0 bridgehead atoms. The summed E-state index contributed by atoms with van der Waals surface area (Å²) in [6.45, 7) is 15.5. The lowest BCUT2D eigenvalue weighted by Gasteiger charge is -2.40. The van der Waals surface area contributed by atoms with E-state index in [-0.39, 0.29) is 11.4 Å². The topological polar surface area (TPSA) is 41.9 Å². The van der Waals surface area contributed by atoms with Crippen molar-refractivity contribution in [3.05, 3.63) is 29.8 Å². The van der Waals surface area contributed by atoms with Crippen LogP contribution in [0.15, 0.2) is 29.3 Å². The van der Waals surface area contributed by atoms with E-state index in [1.807, 2.05) is 26.8 Å². The van der Waals surface area contributed by atoms with Crippen molar-refractivity contribution in [1.29, 1.82) is 0 Å². The van der Waals surface area contributed by atoms with Gasteiger partial charge < -0.3 is 9.64 Å². The second-order valence-electron chi connectivity index (χ2n) is 8.75. The summed E-state index contributed by atoms with van der Waals surface area (Å²) in [5, 5.41) is 0.898. The zero-order valence-corrected chi connectivity index (χ0v) is 20.9. The molecule has 1 heterocycles. The maximum atomic E-state index is 12.3. The highest BCUT2D eigenvalue weighted by Gasteiger charge is 2.38. The maximum Gasteiger partial charge on any atom is 0.322 e. The largest absolute Gasteiger partial charge is 0.465 e. The van der Waals surface area contributed by atoms with Gasteiger partial charge in [-0.25, -0.2) is 4.99 Å². The molecule has 1 aromatic rings. The zero-order valence-electron chi connectivity index (χ0n) is 18.4. The molecule has 160 valence electrons. The Balaban J connectivity index is 2.35. The summed E-state index contributed by atoms with van der Waals surface area (Å²) in [5.74, 6) is 1.11. The van der Waals surface area contributed by atoms with Gasteiger partial charge in [-0.2, -0.15) is 0 Å². The Bertz CT molecular complexity index is 788. The Labute approximate surface area is 189 Å². The van der Waals surface area contributed by atoms with Crippen LogP contribution < -0.4 is 0 Å². The molecule has 0 amide bonds. The van der Waals surface area contributed by atoms with Gasteiger partial charge in [0.1, 0.15) is 9.07 Å². The molecule has 0 unspecified atom stereocenters. The first-order valence-electron chi connectivity index (χ1n) is 9.95. The summed E-state index contributed by atoms with van der Waals surface area (Å²) >= 11 is 8.89. The van der Waals surface area contributed by atoms with Crippen molar-refractivity contribution in [3.8, 4) is 0 Å². The number of hydrogen-bond acceptors (Lipinski definition) is 6. The van der Waals surface area contributed by atoms with Crippen LogP contribution in [0.1, 0.15) is 59.9 Å². The smallest absolute Gasteiger partial charge is 0.322 e. The van der Waals surface area contributed by atoms with Crippen molar-refractivity contribution in [2.45, 2.75) is 59.1 Å². The summed E-state index contributed by atoms with van der Waals surface area (Å²) < 4.78 is 5.13. The number of thiocarbonyl (C=S) groups is 1. The van der Waals surface area contributed by atoms with E-state index in [2.05, 4.69) is 50.8 Å². The van der Waals surface area contributed by atoms with Crippen molar-refractivity contribution in [2.24, 2.45) is 10.4 Å². The minimum Gasteiger partial charge on any atom is -0.465 e. The highest BCUT2D eigenvalue weighted by molar-refractivity contribution is 8.24. The minimum atomic E-state index is -0.750. The Morgan fingerprint density at radius 2 is 2.03 bits per heavy atom. The van der Waals surface area contributed by atoms with Crippen molar-refractivity contribution < 1.29 is 9.53 Å². The molecule has 1 aliphatic heterocycles. The highest BCUT2D eigenvalue weighted by Crippen LogP contribution is 2.38. The summed E-state index contributed by atoms with van der Waals surface area (Å²) in [6, 6.07) is 8.25. The number of ether oxygens (including phenoxy) is 1. The van der Waals surface area contributed by atoms with Crippen LogP contribution in [0.2, 0.25) is 0 Å². The number of esters is 1. The van der Waals surface area contributed by atoms with Crippen molar-refractivity contribution in [1.82, 2.24) is 4.90 Å². The summed E-state index contributed by atoms with van der Waals surface area (Å²) in [5.41, 5.74) is 2.29. The standard InChI is InChI=1S/C22H32N2O2S3/c1-8-26-18(25)22(6,7)29-20(27)24-13-21(4,5)14-28-19(24)23-17-12-10-9-11-16(17)15(2)3/h9-12,15H,8,13-14H2,1-7H3. The van der Waals surface area contributed by atoms with Gasteiger partial charge in [-0.15, -0.1) is 0 Å². The highest BCUT2D eigenvalue weighted by atomic mass is 32.2. The Morgan fingerprint density at radius 3 is 2.66 bits per heavy atom. The zero-order chi connectivity index (χ0) is 21.8. The lowest BCUT2D eigenvalue weighted by atomic mass is 9.96. The fraction of sp³-hybridized carbons (Fsp3) is 0.591. The second-order valence-corrected chi connectivity index (χ2v) is 11.9. The van der Waals surface area contributed by atoms with E-state index in [1.165, 1.54) is 17.3 Å². The van der Waals surface area contributed by atoms with E-state index < -0.39 is 4.75 Å². The maximum absolute atomic E-state index is 12.3. The van der Waals surface area contributed by atoms with Gasteiger partial charge in [-0.05, 0) is 43.7 Å². The Kier molecular flexibility index (Phi) is 8.22. The van der Waals surface area contributed by atoms with Crippen LogP contribution in [0, 0.1) is 5.41 Å². The molecule has 0 radical (unpaired) electrons. The summed E-state index contributed by atoms with van der Waals surface area (Å²) in [4.78, 5) is 19.4. The lowest BCUT2D eigenvalue weighted by Crippen LogP contribution is -2.47. The van der Waals surface area contributed by atoms with Gasteiger partial charge in [0.2, 0.25) is 0 Å². The van der Waals surface area contributed by atoms with E-state index in [4.69, 9.17) is 21.9 Å². The van der Waals surface area contributed by atoms with Gasteiger partial charge in [0.05, 0.1) is 12.3 Å². The fourth-order valence-corrected chi connectivity index (χ4v) is 5.73.